The molecule has 1 aliphatic rings. The lowest BCUT2D eigenvalue weighted by Crippen LogP contribution is -2.61. The molecular weight excluding hydrogens is 396 g/mol. The van der Waals surface area contributed by atoms with Gasteiger partial charge in [-0.25, -0.2) is 12.7 Å². The second-order valence-electron chi connectivity index (χ2n) is 7.11. The molecule has 1 unspecified atom stereocenters. The number of hydrogen-bond donors (Lipinski definition) is 1. The highest BCUT2D eigenvalue weighted by molar-refractivity contribution is 7.89. The molecule has 1 N–H and O–H groups in total. The molecule has 0 spiro atoms. The van der Waals surface area contributed by atoms with Crippen molar-refractivity contribution in [2.24, 2.45) is 0 Å². The first-order valence-electron chi connectivity index (χ1n) is 9.36. The van der Waals surface area contributed by atoms with E-state index >= 15 is 0 Å². The topological polar surface area (TPSA) is 107 Å². The summed E-state index contributed by atoms with van der Waals surface area (Å²) < 4.78 is 25.4. The van der Waals surface area contributed by atoms with Crippen LogP contribution >= 0.6 is 0 Å². The molecule has 9 nitrogen and oxygen atoms in total. The van der Waals surface area contributed by atoms with E-state index in [-0.39, 0.29) is 35.6 Å². The Bertz CT molecular complexity index is 867. The van der Waals surface area contributed by atoms with Gasteiger partial charge in [-0.1, -0.05) is 12.1 Å². The minimum Gasteiger partial charge on any atom is -0.357 e. The van der Waals surface area contributed by atoms with Gasteiger partial charge in [0.1, 0.15) is 6.04 Å². The first-order chi connectivity index (χ1) is 13.6. The number of nitrogens with zero attached hydrogens (tertiary/aromatic N) is 3. The van der Waals surface area contributed by atoms with E-state index in [4.69, 9.17) is 0 Å². The van der Waals surface area contributed by atoms with Crippen LogP contribution in [0.15, 0.2) is 29.2 Å². The summed E-state index contributed by atoms with van der Waals surface area (Å²) in [6, 6.07) is 5.71. The quantitative estimate of drug-likeness (QED) is 0.673. The highest BCUT2D eigenvalue weighted by Crippen LogP contribution is 2.17. The van der Waals surface area contributed by atoms with E-state index < -0.39 is 16.1 Å². The summed E-state index contributed by atoms with van der Waals surface area (Å²) >= 11 is 0. The zero-order chi connectivity index (χ0) is 21.8. The predicted molar refractivity (Wildman–Crippen MR) is 107 cm³/mol. The Hall–Kier alpha value is -2.46. The summed E-state index contributed by atoms with van der Waals surface area (Å²) in [5.41, 5.74) is 0.829. The van der Waals surface area contributed by atoms with E-state index in [1.165, 1.54) is 45.1 Å². The molecule has 3 amide bonds. The minimum absolute atomic E-state index is 0.126. The Morgan fingerprint density at radius 1 is 1.14 bits per heavy atom. The Morgan fingerprint density at radius 3 is 2.28 bits per heavy atom. The van der Waals surface area contributed by atoms with Crippen LogP contribution in [-0.4, -0.2) is 87.1 Å². The van der Waals surface area contributed by atoms with Gasteiger partial charge in [0.2, 0.25) is 27.7 Å². The van der Waals surface area contributed by atoms with Gasteiger partial charge in [0.05, 0.1) is 11.4 Å². The van der Waals surface area contributed by atoms with Crippen LogP contribution in [0.2, 0.25) is 0 Å². The van der Waals surface area contributed by atoms with Crippen LogP contribution in [0, 0.1) is 0 Å². The Labute approximate surface area is 171 Å². The molecule has 10 heteroatoms. The lowest BCUT2D eigenvalue weighted by atomic mass is 10.1. The maximum absolute atomic E-state index is 12.7. The van der Waals surface area contributed by atoms with Crippen molar-refractivity contribution >= 4 is 27.7 Å². The fourth-order valence-corrected chi connectivity index (χ4v) is 4.09. The van der Waals surface area contributed by atoms with Crippen molar-refractivity contribution in [2.45, 2.75) is 30.7 Å². The standard InChI is InChI=1S/C19H28N4O5S/c1-14(24)22-11-12-23(17(13-22)19(26)20-2)18(25)10-7-15-5-8-16(9-6-15)29(27,28)21(3)4/h5-6,8-9,17H,7,10-13H2,1-4H3,(H,20,26). The van der Waals surface area contributed by atoms with Gasteiger partial charge in [0.25, 0.3) is 0 Å². The van der Waals surface area contributed by atoms with Gasteiger partial charge in [0, 0.05) is 47.6 Å². The predicted octanol–water partition coefficient (Wildman–Crippen LogP) is -0.325. The maximum Gasteiger partial charge on any atom is 0.244 e. The highest BCUT2D eigenvalue weighted by Gasteiger charge is 2.35. The molecule has 1 fully saturated rings. The van der Waals surface area contributed by atoms with E-state index in [0.29, 0.717) is 19.5 Å². The number of rotatable bonds is 6. The number of amides is 3. The van der Waals surface area contributed by atoms with Crippen LogP contribution in [0.1, 0.15) is 18.9 Å². The van der Waals surface area contributed by atoms with Gasteiger partial charge < -0.3 is 15.1 Å². The zero-order valence-corrected chi connectivity index (χ0v) is 18.0. The van der Waals surface area contributed by atoms with E-state index in [9.17, 15) is 22.8 Å². The van der Waals surface area contributed by atoms with Crippen LogP contribution in [0.5, 0.6) is 0 Å². The van der Waals surface area contributed by atoms with Crippen molar-refractivity contribution in [2.75, 3.05) is 40.8 Å². The van der Waals surface area contributed by atoms with Crippen molar-refractivity contribution in [3.8, 4) is 0 Å². The Morgan fingerprint density at radius 2 is 1.76 bits per heavy atom. The van der Waals surface area contributed by atoms with Gasteiger partial charge in [0.15, 0.2) is 0 Å². The van der Waals surface area contributed by atoms with Crippen LogP contribution in [-0.2, 0) is 30.8 Å². The molecule has 29 heavy (non-hydrogen) atoms. The van der Waals surface area contributed by atoms with Gasteiger partial charge in [-0.15, -0.1) is 0 Å². The molecule has 1 atom stereocenters. The highest BCUT2D eigenvalue weighted by atomic mass is 32.2. The molecule has 0 radical (unpaired) electrons. The summed E-state index contributed by atoms with van der Waals surface area (Å²) in [6.45, 7) is 2.32. The van der Waals surface area contributed by atoms with Crippen LogP contribution in [0.4, 0.5) is 0 Å². The van der Waals surface area contributed by atoms with Crippen molar-refractivity contribution < 1.29 is 22.8 Å². The number of nitrogens with one attached hydrogen (secondary N) is 1. The van der Waals surface area contributed by atoms with Gasteiger partial charge >= 0.3 is 0 Å². The van der Waals surface area contributed by atoms with Crippen molar-refractivity contribution in [1.29, 1.82) is 0 Å². The van der Waals surface area contributed by atoms with Crippen molar-refractivity contribution in [3.63, 3.8) is 0 Å². The summed E-state index contributed by atoms with van der Waals surface area (Å²) in [6.07, 6.45) is 0.613. The SMILES string of the molecule is CNC(=O)C1CN(C(C)=O)CCN1C(=O)CCc1ccc(S(=O)(=O)N(C)C)cc1. The average Bonchev–Trinajstić information content (AvgIpc) is 2.71. The third-order valence-corrected chi connectivity index (χ3v) is 6.85. The molecule has 0 saturated carbocycles. The number of piperazine rings is 1. The fraction of sp³-hybridized carbons (Fsp3) is 0.526. The molecule has 160 valence electrons. The second-order valence-corrected chi connectivity index (χ2v) is 9.27. The number of hydrogen-bond acceptors (Lipinski definition) is 5. The van der Waals surface area contributed by atoms with Crippen LogP contribution < -0.4 is 5.32 Å². The summed E-state index contributed by atoms with van der Waals surface area (Å²) in [4.78, 5) is 39.8. The van der Waals surface area contributed by atoms with E-state index in [2.05, 4.69) is 5.32 Å². The second kappa shape index (κ2) is 9.36. The summed E-state index contributed by atoms with van der Waals surface area (Å²) in [7, 11) is 0.946. The number of aryl methyl sites for hydroxylation is 1. The zero-order valence-electron chi connectivity index (χ0n) is 17.2. The lowest BCUT2D eigenvalue weighted by Gasteiger charge is -2.40. The summed E-state index contributed by atoms with van der Waals surface area (Å²) in [5, 5.41) is 2.55. The number of sulfonamides is 1. The third-order valence-electron chi connectivity index (χ3n) is 5.02. The molecule has 2 rings (SSSR count). The van der Waals surface area contributed by atoms with Crippen LogP contribution in [0.25, 0.3) is 0 Å². The molecule has 1 saturated heterocycles. The number of likely N-dealkylation sites (N-methyl/N-ethyl adjacent to an activating group) is 1. The molecule has 0 bridgehead atoms. The molecule has 1 aliphatic heterocycles. The minimum atomic E-state index is -3.49. The smallest absolute Gasteiger partial charge is 0.244 e. The number of benzene rings is 1. The summed E-state index contributed by atoms with van der Waals surface area (Å²) in [5.74, 6) is -0.604. The van der Waals surface area contributed by atoms with Crippen molar-refractivity contribution in [3.05, 3.63) is 29.8 Å². The van der Waals surface area contributed by atoms with E-state index in [0.717, 1.165) is 9.87 Å². The molecular formula is C19H28N4O5S. The Balaban J connectivity index is 2.04. The first-order valence-corrected chi connectivity index (χ1v) is 10.8. The maximum atomic E-state index is 12.7. The number of carbonyl (C=O) groups is 3. The van der Waals surface area contributed by atoms with E-state index in [1.54, 1.807) is 17.0 Å². The number of carbonyl (C=O) groups excluding carboxylic acids is 3. The average molecular weight is 425 g/mol. The third kappa shape index (κ3) is 5.33. The molecule has 0 aromatic heterocycles. The fourth-order valence-electron chi connectivity index (χ4n) is 3.19. The molecule has 1 aromatic carbocycles. The lowest BCUT2D eigenvalue weighted by molar-refractivity contribution is -0.147. The monoisotopic (exact) mass is 424 g/mol. The van der Waals surface area contributed by atoms with Crippen molar-refractivity contribution in [1.82, 2.24) is 19.4 Å². The molecule has 1 aromatic rings. The normalized spacial score (nSPS) is 17.3. The van der Waals surface area contributed by atoms with E-state index in [1.807, 2.05) is 0 Å². The first kappa shape index (κ1) is 22.8. The van der Waals surface area contributed by atoms with Crippen LogP contribution in [0.3, 0.4) is 0 Å². The molecule has 1 heterocycles. The Kier molecular flexibility index (Phi) is 7.37. The largest absolute Gasteiger partial charge is 0.357 e. The van der Waals surface area contributed by atoms with Gasteiger partial charge in [-0.2, -0.15) is 0 Å². The van der Waals surface area contributed by atoms with Gasteiger partial charge in [-0.05, 0) is 24.1 Å². The van der Waals surface area contributed by atoms with Gasteiger partial charge in [-0.3, -0.25) is 14.4 Å². The molecule has 0 aliphatic carbocycles.